The van der Waals surface area contributed by atoms with Crippen molar-refractivity contribution in [1.29, 1.82) is 0 Å². The van der Waals surface area contributed by atoms with Crippen molar-refractivity contribution in [2.24, 2.45) is 0 Å². The Balaban J connectivity index is 1.61. The van der Waals surface area contributed by atoms with Crippen molar-refractivity contribution in [2.45, 2.75) is 65.1 Å². The second-order valence-electron chi connectivity index (χ2n) is 6.56. The van der Waals surface area contributed by atoms with E-state index in [1.165, 1.54) is 11.1 Å². The lowest BCUT2D eigenvalue weighted by atomic mass is 10.1. The molecular weight excluding hydrogens is 298 g/mol. The zero-order valence-corrected chi connectivity index (χ0v) is 14.7. The van der Waals surface area contributed by atoms with Crippen molar-refractivity contribution >= 4 is 5.91 Å². The Morgan fingerprint density at radius 2 is 1.88 bits per heavy atom. The quantitative estimate of drug-likeness (QED) is 0.744. The number of rotatable bonds is 8. The average Bonchev–Trinajstić information content (AvgIpc) is 3.35. The number of amides is 1. The molecule has 0 unspecified atom stereocenters. The van der Waals surface area contributed by atoms with E-state index in [0.717, 1.165) is 44.6 Å². The Bertz CT molecular complexity index is 670. The summed E-state index contributed by atoms with van der Waals surface area (Å²) in [5.41, 5.74) is 2.57. The lowest BCUT2D eigenvalue weighted by Gasteiger charge is -2.23. The Labute approximate surface area is 144 Å². The van der Waals surface area contributed by atoms with Crippen LogP contribution < -0.4 is 0 Å². The molecule has 0 spiro atoms. The molecule has 128 valence electrons. The summed E-state index contributed by atoms with van der Waals surface area (Å²) < 4.78 is 2.10. The van der Waals surface area contributed by atoms with Gasteiger partial charge in [0.05, 0.1) is 0 Å². The molecule has 1 aromatic carbocycles. The minimum absolute atomic E-state index is 0.257. The number of aromatic nitrogens is 2. The lowest BCUT2D eigenvalue weighted by Crippen LogP contribution is -2.33. The highest BCUT2D eigenvalue weighted by Crippen LogP contribution is 2.29. The van der Waals surface area contributed by atoms with E-state index in [1.54, 1.807) is 0 Å². The van der Waals surface area contributed by atoms with Crippen molar-refractivity contribution in [3.63, 3.8) is 0 Å². The van der Waals surface area contributed by atoms with Crippen LogP contribution in [0.4, 0.5) is 0 Å². The SMILES string of the molecule is CCc1ccc(CN(C(=O)CCn2ccnc2CC)C2CC2)cc1. The first kappa shape index (κ1) is 16.7. The van der Waals surface area contributed by atoms with Crippen LogP contribution in [0.15, 0.2) is 36.7 Å². The molecule has 0 atom stereocenters. The fourth-order valence-corrected chi connectivity index (χ4v) is 3.10. The monoisotopic (exact) mass is 325 g/mol. The third-order valence-corrected chi connectivity index (χ3v) is 4.78. The number of hydrogen-bond acceptors (Lipinski definition) is 2. The molecule has 1 aromatic heterocycles. The second-order valence-corrected chi connectivity index (χ2v) is 6.56. The summed E-state index contributed by atoms with van der Waals surface area (Å²) in [5, 5.41) is 0. The first-order chi connectivity index (χ1) is 11.7. The van der Waals surface area contributed by atoms with Crippen molar-refractivity contribution in [3.05, 3.63) is 53.6 Å². The minimum Gasteiger partial charge on any atom is -0.335 e. The largest absolute Gasteiger partial charge is 0.335 e. The number of nitrogens with zero attached hydrogens (tertiary/aromatic N) is 3. The minimum atomic E-state index is 0.257. The van der Waals surface area contributed by atoms with Crippen LogP contribution in [-0.2, 0) is 30.7 Å². The molecule has 2 aromatic rings. The highest BCUT2D eigenvalue weighted by Gasteiger charge is 2.32. The van der Waals surface area contributed by atoms with E-state index in [1.807, 2.05) is 12.4 Å². The number of benzene rings is 1. The van der Waals surface area contributed by atoms with Crippen molar-refractivity contribution in [2.75, 3.05) is 0 Å². The van der Waals surface area contributed by atoms with Crippen LogP contribution in [0.1, 0.15) is 50.1 Å². The number of hydrogen-bond donors (Lipinski definition) is 0. The van der Waals surface area contributed by atoms with Gasteiger partial charge in [-0.25, -0.2) is 4.98 Å². The summed E-state index contributed by atoms with van der Waals surface area (Å²) in [6.07, 6.45) is 8.57. The van der Waals surface area contributed by atoms with Gasteiger partial charge in [0.1, 0.15) is 5.82 Å². The van der Waals surface area contributed by atoms with Crippen LogP contribution in [0.2, 0.25) is 0 Å². The summed E-state index contributed by atoms with van der Waals surface area (Å²) in [6, 6.07) is 9.10. The van der Waals surface area contributed by atoms with E-state index in [9.17, 15) is 4.79 Å². The van der Waals surface area contributed by atoms with E-state index >= 15 is 0 Å². The third-order valence-electron chi connectivity index (χ3n) is 4.78. The van der Waals surface area contributed by atoms with Gasteiger partial charge in [-0.2, -0.15) is 0 Å². The summed E-state index contributed by atoms with van der Waals surface area (Å²) in [7, 11) is 0. The van der Waals surface area contributed by atoms with E-state index in [4.69, 9.17) is 0 Å². The molecule has 24 heavy (non-hydrogen) atoms. The van der Waals surface area contributed by atoms with E-state index in [2.05, 4.69) is 52.6 Å². The predicted octanol–water partition coefficient (Wildman–Crippen LogP) is 3.59. The van der Waals surface area contributed by atoms with Gasteiger partial charge in [-0.1, -0.05) is 38.1 Å². The van der Waals surface area contributed by atoms with E-state index in [-0.39, 0.29) is 5.91 Å². The Morgan fingerprint density at radius 3 is 2.50 bits per heavy atom. The van der Waals surface area contributed by atoms with Crippen LogP contribution in [0, 0.1) is 0 Å². The molecule has 4 heteroatoms. The molecule has 1 saturated carbocycles. The van der Waals surface area contributed by atoms with Crippen LogP contribution in [0.5, 0.6) is 0 Å². The Hall–Kier alpha value is -2.10. The average molecular weight is 325 g/mol. The number of aryl methyl sites for hydroxylation is 3. The fraction of sp³-hybridized carbons (Fsp3) is 0.500. The predicted molar refractivity (Wildman–Crippen MR) is 95.6 cm³/mol. The summed E-state index contributed by atoms with van der Waals surface area (Å²) in [5.74, 6) is 1.31. The molecular formula is C20H27N3O. The highest BCUT2D eigenvalue weighted by atomic mass is 16.2. The molecule has 1 fully saturated rings. The zero-order valence-electron chi connectivity index (χ0n) is 14.7. The van der Waals surface area contributed by atoms with E-state index in [0.29, 0.717) is 12.5 Å². The lowest BCUT2D eigenvalue weighted by molar-refractivity contribution is -0.132. The van der Waals surface area contributed by atoms with Crippen LogP contribution >= 0.6 is 0 Å². The topological polar surface area (TPSA) is 38.1 Å². The van der Waals surface area contributed by atoms with E-state index < -0.39 is 0 Å². The Kier molecular flexibility index (Phi) is 5.34. The third kappa shape index (κ3) is 4.05. The van der Waals surface area contributed by atoms with Crippen molar-refractivity contribution < 1.29 is 4.79 Å². The van der Waals surface area contributed by atoms with Crippen LogP contribution in [-0.4, -0.2) is 26.4 Å². The van der Waals surface area contributed by atoms with Gasteiger partial charge in [0.15, 0.2) is 0 Å². The molecule has 1 aliphatic carbocycles. The first-order valence-electron chi connectivity index (χ1n) is 9.08. The smallest absolute Gasteiger partial charge is 0.224 e. The van der Waals surface area contributed by atoms with Gasteiger partial charge < -0.3 is 9.47 Å². The van der Waals surface area contributed by atoms with Crippen LogP contribution in [0.25, 0.3) is 0 Å². The molecule has 1 amide bonds. The molecule has 0 bridgehead atoms. The molecule has 4 nitrogen and oxygen atoms in total. The maximum absolute atomic E-state index is 12.7. The number of carbonyl (C=O) groups excluding carboxylic acids is 1. The van der Waals surface area contributed by atoms with Gasteiger partial charge in [0.25, 0.3) is 0 Å². The second kappa shape index (κ2) is 7.65. The van der Waals surface area contributed by atoms with Gasteiger partial charge in [-0.3, -0.25) is 4.79 Å². The first-order valence-corrected chi connectivity index (χ1v) is 9.08. The summed E-state index contributed by atoms with van der Waals surface area (Å²) in [4.78, 5) is 19.1. The maximum atomic E-state index is 12.7. The molecule has 0 aliphatic heterocycles. The normalized spacial score (nSPS) is 13.9. The highest BCUT2D eigenvalue weighted by molar-refractivity contribution is 5.76. The molecule has 3 rings (SSSR count). The Morgan fingerprint density at radius 1 is 1.17 bits per heavy atom. The standard InChI is InChI=1S/C20H27N3O/c1-3-16-5-7-17(8-6-16)15-23(18-9-10-18)20(24)11-13-22-14-12-21-19(22)4-2/h5-8,12,14,18H,3-4,9-11,13,15H2,1-2H3. The van der Waals surface area contributed by atoms with Crippen molar-refractivity contribution in [1.82, 2.24) is 14.5 Å². The summed E-state index contributed by atoms with van der Waals surface area (Å²) in [6.45, 7) is 5.71. The van der Waals surface area contributed by atoms with Gasteiger partial charge in [-0.15, -0.1) is 0 Å². The molecule has 1 aliphatic rings. The van der Waals surface area contributed by atoms with Crippen molar-refractivity contribution in [3.8, 4) is 0 Å². The molecule has 0 N–H and O–H groups in total. The van der Waals surface area contributed by atoms with Gasteiger partial charge >= 0.3 is 0 Å². The van der Waals surface area contributed by atoms with Gasteiger partial charge in [-0.05, 0) is 30.4 Å². The van der Waals surface area contributed by atoms with Gasteiger partial charge in [0.2, 0.25) is 5.91 Å². The zero-order chi connectivity index (χ0) is 16.9. The number of carbonyl (C=O) groups is 1. The summed E-state index contributed by atoms with van der Waals surface area (Å²) >= 11 is 0. The fourth-order valence-electron chi connectivity index (χ4n) is 3.10. The maximum Gasteiger partial charge on any atom is 0.224 e. The van der Waals surface area contributed by atoms with Crippen LogP contribution in [0.3, 0.4) is 0 Å². The molecule has 0 radical (unpaired) electrons. The van der Waals surface area contributed by atoms with Gasteiger partial charge in [0, 0.05) is 44.4 Å². The molecule has 0 saturated heterocycles. The molecule has 1 heterocycles. The number of imidazole rings is 1.